The van der Waals surface area contributed by atoms with Crippen molar-refractivity contribution in [2.75, 3.05) is 13.7 Å². The standard InChI is InChI=1S/C15H21N3O.C2H6/c1-4-12(9-16-3)13-8-15(18-14(5-2)17-13)19-10-11-6-7-11;1-2/h4,8-9,11H,5-7,10H2,1-3H3;1-2H3/b12-4+,16-9?;. The summed E-state index contributed by atoms with van der Waals surface area (Å²) in [5.74, 6) is 2.21. The maximum Gasteiger partial charge on any atom is 0.217 e. The average molecular weight is 289 g/mol. The van der Waals surface area contributed by atoms with Crippen LogP contribution in [-0.2, 0) is 6.42 Å². The molecule has 4 nitrogen and oxygen atoms in total. The molecular formula is C17H27N3O. The van der Waals surface area contributed by atoms with Crippen LogP contribution in [-0.4, -0.2) is 29.8 Å². The number of nitrogens with zero attached hydrogens (tertiary/aromatic N) is 3. The third-order valence-corrected chi connectivity index (χ3v) is 3.10. The minimum absolute atomic E-state index is 0.678. The molecule has 0 spiro atoms. The van der Waals surface area contributed by atoms with E-state index in [1.54, 1.807) is 7.05 Å². The fourth-order valence-electron chi connectivity index (χ4n) is 1.77. The lowest BCUT2D eigenvalue weighted by Gasteiger charge is -2.08. The van der Waals surface area contributed by atoms with Crippen LogP contribution < -0.4 is 4.74 Å². The van der Waals surface area contributed by atoms with E-state index in [-0.39, 0.29) is 0 Å². The lowest BCUT2D eigenvalue weighted by atomic mass is 10.2. The van der Waals surface area contributed by atoms with E-state index >= 15 is 0 Å². The maximum atomic E-state index is 5.76. The zero-order chi connectivity index (χ0) is 15.7. The quantitative estimate of drug-likeness (QED) is 0.745. The summed E-state index contributed by atoms with van der Waals surface area (Å²) in [6.07, 6.45) is 7.17. The van der Waals surface area contributed by atoms with Crippen molar-refractivity contribution in [3.05, 3.63) is 23.7 Å². The van der Waals surface area contributed by atoms with Crippen molar-refractivity contribution >= 4 is 11.8 Å². The van der Waals surface area contributed by atoms with Crippen LogP contribution in [0.25, 0.3) is 5.57 Å². The molecule has 4 heteroatoms. The predicted molar refractivity (Wildman–Crippen MR) is 89.0 cm³/mol. The molecule has 0 N–H and O–H groups in total. The van der Waals surface area contributed by atoms with Crippen LogP contribution in [0.3, 0.4) is 0 Å². The van der Waals surface area contributed by atoms with Crippen molar-refractivity contribution in [1.82, 2.24) is 9.97 Å². The Bertz CT molecular complexity index is 491. The second-order valence-corrected chi connectivity index (χ2v) is 4.75. The Morgan fingerprint density at radius 3 is 2.62 bits per heavy atom. The van der Waals surface area contributed by atoms with Crippen LogP contribution in [0.4, 0.5) is 0 Å². The molecule has 1 aromatic heterocycles. The molecule has 0 atom stereocenters. The van der Waals surface area contributed by atoms with Crippen molar-refractivity contribution in [3.8, 4) is 5.88 Å². The van der Waals surface area contributed by atoms with Gasteiger partial charge in [-0.05, 0) is 25.7 Å². The Labute approximate surface area is 128 Å². The van der Waals surface area contributed by atoms with Crippen LogP contribution >= 0.6 is 0 Å². The van der Waals surface area contributed by atoms with Gasteiger partial charge in [0, 0.05) is 31.3 Å². The van der Waals surface area contributed by atoms with Crippen LogP contribution in [0.1, 0.15) is 52.1 Å². The van der Waals surface area contributed by atoms with E-state index in [2.05, 4.69) is 15.0 Å². The molecule has 0 aromatic carbocycles. The van der Waals surface area contributed by atoms with Crippen LogP contribution in [0.15, 0.2) is 17.1 Å². The SMILES string of the molecule is C/C=C(\C=NC)c1cc(OCC2CC2)nc(CC)n1.CC. The number of rotatable bonds is 6. The zero-order valence-electron chi connectivity index (χ0n) is 13.9. The molecule has 1 heterocycles. The number of allylic oxidation sites excluding steroid dienone is 2. The van der Waals surface area contributed by atoms with Crippen molar-refractivity contribution in [3.63, 3.8) is 0 Å². The first-order valence-electron chi connectivity index (χ1n) is 7.86. The number of hydrogen-bond donors (Lipinski definition) is 0. The van der Waals surface area contributed by atoms with Gasteiger partial charge in [0.25, 0.3) is 0 Å². The summed E-state index contributed by atoms with van der Waals surface area (Å²) in [7, 11) is 1.76. The van der Waals surface area contributed by atoms with Crippen LogP contribution in [0.5, 0.6) is 5.88 Å². The molecule has 0 amide bonds. The molecule has 0 bridgehead atoms. The summed E-state index contributed by atoms with van der Waals surface area (Å²) >= 11 is 0. The highest BCUT2D eigenvalue weighted by molar-refractivity contribution is 6.08. The van der Waals surface area contributed by atoms with Gasteiger partial charge in [-0.25, -0.2) is 4.98 Å². The van der Waals surface area contributed by atoms with Gasteiger partial charge in [-0.1, -0.05) is 26.8 Å². The Morgan fingerprint density at radius 1 is 1.38 bits per heavy atom. The number of ether oxygens (including phenoxy) is 1. The fourth-order valence-corrected chi connectivity index (χ4v) is 1.77. The number of aryl methyl sites for hydroxylation is 1. The van der Waals surface area contributed by atoms with Crippen molar-refractivity contribution in [2.45, 2.75) is 47.0 Å². The molecule has 1 aliphatic rings. The minimum atomic E-state index is 0.678. The molecule has 0 radical (unpaired) electrons. The van der Waals surface area contributed by atoms with Gasteiger partial charge in [0.1, 0.15) is 5.82 Å². The van der Waals surface area contributed by atoms with Gasteiger partial charge in [0.15, 0.2) is 0 Å². The van der Waals surface area contributed by atoms with E-state index in [4.69, 9.17) is 4.74 Å². The molecule has 1 aliphatic carbocycles. The molecule has 21 heavy (non-hydrogen) atoms. The van der Waals surface area contributed by atoms with Crippen LogP contribution in [0, 0.1) is 5.92 Å². The normalized spacial score (nSPS) is 14.8. The van der Waals surface area contributed by atoms with E-state index in [1.165, 1.54) is 12.8 Å². The molecule has 1 saturated carbocycles. The summed E-state index contributed by atoms with van der Waals surface area (Å²) in [5.41, 5.74) is 1.88. The third-order valence-electron chi connectivity index (χ3n) is 3.10. The first-order chi connectivity index (χ1) is 10.3. The van der Waals surface area contributed by atoms with Gasteiger partial charge in [0.05, 0.1) is 12.3 Å². The molecule has 2 rings (SSSR count). The molecule has 116 valence electrons. The van der Waals surface area contributed by atoms with Gasteiger partial charge in [-0.3, -0.25) is 4.99 Å². The summed E-state index contributed by atoms with van der Waals surface area (Å²) in [6.45, 7) is 8.80. The summed E-state index contributed by atoms with van der Waals surface area (Å²) in [4.78, 5) is 13.0. The number of hydrogen-bond acceptors (Lipinski definition) is 4. The Hall–Kier alpha value is -1.71. The molecule has 1 fully saturated rings. The van der Waals surface area contributed by atoms with Crippen molar-refractivity contribution in [1.29, 1.82) is 0 Å². The fraction of sp³-hybridized carbons (Fsp3) is 0.588. The summed E-state index contributed by atoms with van der Waals surface area (Å²) in [6, 6.07) is 1.90. The number of aromatic nitrogens is 2. The lowest BCUT2D eigenvalue weighted by Crippen LogP contribution is -2.05. The van der Waals surface area contributed by atoms with Crippen molar-refractivity contribution < 1.29 is 4.74 Å². The Kier molecular flexibility index (Phi) is 7.65. The van der Waals surface area contributed by atoms with Gasteiger partial charge in [-0.15, -0.1) is 0 Å². The second-order valence-electron chi connectivity index (χ2n) is 4.75. The highest BCUT2D eigenvalue weighted by atomic mass is 16.5. The number of aliphatic imine (C=N–C) groups is 1. The monoisotopic (exact) mass is 289 g/mol. The first kappa shape index (κ1) is 17.3. The van der Waals surface area contributed by atoms with Gasteiger partial charge in [-0.2, -0.15) is 4.98 Å². The van der Waals surface area contributed by atoms with E-state index in [0.29, 0.717) is 5.88 Å². The molecule has 0 unspecified atom stereocenters. The first-order valence-corrected chi connectivity index (χ1v) is 7.86. The highest BCUT2D eigenvalue weighted by Crippen LogP contribution is 2.29. The molecular weight excluding hydrogens is 262 g/mol. The van der Waals surface area contributed by atoms with Gasteiger partial charge >= 0.3 is 0 Å². The third kappa shape index (κ3) is 5.66. The van der Waals surface area contributed by atoms with Crippen LogP contribution in [0.2, 0.25) is 0 Å². The summed E-state index contributed by atoms with van der Waals surface area (Å²) in [5, 5.41) is 0. The molecule has 1 aromatic rings. The zero-order valence-corrected chi connectivity index (χ0v) is 13.9. The predicted octanol–water partition coefficient (Wildman–Crippen LogP) is 3.96. The molecule has 0 saturated heterocycles. The second kappa shape index (κ2) is 9.27. The topological polar surface area (TPSA) is 47.4 Å². The van der Waals surface area contributed by atoms with E-state index in [9.17, 15) is 0 Å². The Balaban J connectivity index is 0.00000106. The van der Waals surface area contributed by atoms with E-state index < -0.39 is 0 Å². The van der Waals surface area contributed by atoms with Gasteiger partial charge < -0.3 is 4.74 Å². The maximum absolute atomic E-state index is 5.76. The highest BCUT2D eigenvalue weighted by Gasteiger charge is 2.22. The van der Waals surface area contributed by atoms with E-state index in [0.717, 1.165) is 36.0 Å². The Morgan fingerprint density at radius 2 is 2.10 bits per heavy atom. The average Bonchev–Trinajstić information content (AvgIpc) is 3.36. The van der Waals surface area contributed by atoms with E-state index in [1.807, 2.05) is 46.1 Å². The largest absolute Gasteiger partial charge is 0.477 e. The molecule has 0 aliphatic heterocycles. The minimum Gasteiger partial charge on any atom is -0.477 e. The van der Waals surface area contributed by atoms with Gasteiger partial charge in [0.2, 0.25) is 5.88 Å². The lowest BCUT2D eigenvalue weighted by molar-refractivity contribution is 0.287. The van der Waals surface area contributed by atoms with Crippen molar-refractivity contribution in [2.24, 2.45) is 10.9 Å². The summed E-state index contributed by atoms with van der Waals surface area (Å²) < 4.78 is 5.76. The smallest absolute Gasteiger partial charge is 0.217 e.